The predicted octanol–water partition coefficient (Wildman–Crippen LogP) is 9.24. The Morgan fingerprint density at radius 3 is 2.40 bits per heavy atom. The number of para-hydroxylation sites is 1. The Morgan fingerprint density at radius 1 is 0.698 bits per heavy atom. The number of hydrogen-bond donors (Lipinski definition) is 0. The fourth-order valence-corrected chi connectivity index (χ4v) is 8.72. The molecule has 0 N–H and O–H groups in total. The molecule has 0 fully saturated rings. The van der Waals surface area contributed by atoms with E-state index in [2.05, 4.69) is 133 Å². The van der Waals surface area contributed by atoms with Crippen LogP contribution in [-0.4, -0.2) is 14.4 Å². The second-order valence-electron chi connectivity index (χ2n) is 12.1. The third-order valence-corrected chi connectivity index (χ3v) is 10.6. The summed E-state index contributed by atoms with van der Waals surface area (Å²) in [4.78, 5) is 10.7. The topological polar surface area (TPSA) is 30.2 Å². The van der Waals surface area contributed by atoms with Gasteiger partial charge >= 0.3 is 0 Å². The highest BCUT2D eigenvalue weighted by Crippen LogP contribution is 2.45. The lowest BCUT2D eigenvalue weighted by Crippen LogP contribution is -2.29. The van der Waals surface area contributed by atoms with Crippen molar-refractivity contribution in [1.82, 2.24) is 14.4 Å². The second-order valence-corrected chi connectivity index (χ2v) is 13.2. The highest BCUT2D eigenvalue weighted by atomic mass is 32.1. The molecular formula is C39H25N3S. The van der Waals surface area contributed by atoms with Crippen molar-refractivity contribution in [2.45, 2.75) is 18.8 Å². The number of thiophene rings is 1. The molecule has 1 unspecified atom stereocenters. The number of nitrogens with zero attached hydrogens (tertiary/aromatic N) is 3. The number of benzene rings is 5. The van der Waals surface area contributed by atoms with Crippen molar-refractivity contribution >= 4 is 76.2 Å². The zero-order chi connectivity index (χ0) is 28.3. The average molecular weight is 568 g/mol. The van der Waals surface area contributed by atoms with Crippen molar-refractivity contribution in [1.29, 1.82) is 0 Å². The predicted molar refractivity (Wildman–Crippen MR) is 181 cm³/mol. The maximum atomic E-state index is 5.34. The SMILES string of the molecule is CC1(c2cccc3sc4ccccc4c23)C=c2c3nc4ccc(-c5ccccc5)cc4nc3n3c2c(c2ccccc23)C1. The van der Waals surface area contributed by atoms with Crippen molar-refractivity contribution < 1.29 is 0 Å². The Bertz CT molecular complexity index is 2660. The summed E-state index contributed by atoms with van der Waals surface area (Å²) in [5, 5.41) is 5.24. The van der Waals surface area contributed by atoms with E-state index in [1.165, 1.54) is 58.5 Å². The van der Waals surface area contributed by atoms with Gasteiger partial charge in [-0.3, -0.25) is 4.40 Å². The monoisotopic (exact) mass is 567 g/mol. The summed E-state index contributed by atoms with van der Waals surface area (Å²) in [5.41, 5.74) is 11.1. The van der Waals surface area contributed by atoms with Gasteiger partial charge in [0.15, 0.2) is 5.65 Å². The molecule has 4 heterocycles. The minimum atomic E-state index is -0.212. The van der Waals surface area contributed by atoms with Gasteiger partial charge in [0.05, 0.1) is 22.1 Å². The fraction of sp³-hybridized carbons (Fsp3) is 0.0769. The summed E-state index contributed by atoms with van der Waals surface area (Å²) in [6.07, 6.45) is 3.42. The first-order valence-electron chi connectivity index (χ1n) is 14.8. The molecule has 1 atom stereocenters. The van der Waals surface area contributed by atoms with E-state index in [0.717, 1.165) is 34.2 Å². The quantitative estimate of drug-likeness (QED) is 0.208. The summed E-state index contributed by atoms with van der Waals surface area (Å²) in [6.45, 7) is 2.41. The van der Waals surface area contributed by atoms with Crippen molar-refractivity contribution in [3.05, 3.63) is 132 Å². The normalized spacial score (nSPS) is 16.7. The smallest absolute Gasteiger partial charge is 0.165 e. The molecule has 5 aromatic carbocycles. The summed E-state index contributed by atoms with van der Waals surface area (Å²) in [7, 11) is 0. The maximum absolute atomic E-state index is 5.34. The van der Waals surface area contributed by atoms with Gasteiger partial charge < -0.3 is 0 Å². The third kappa shape index (κ3) is 3.13. The number of rotatable bonds is 2. The van der Waals surface area contributed by atoms with E-state index in [-0.39, 0.29) is 5.41 Å². The summed E-state index contributed by atoms with van der Waals surface area (Å²) in [6, 6.07) is 41.5. The first-order chi connectivity index (χ1) is 21.2. The molecule has 3 nitrogen and oxygen atoms in total. The van der Waals surface area contributed by atoms with Crippen molar-refractivity contribution in [3.8, 4) is 11.1 Å². The Morgan fingerprint density at radius 2 is 1.49 bits per heavy atom. The van der Waals surface area contributed by atoms with E-state index in [0.29, 0.717) is 0 Å². The van der Waals surface area contributed by atoms with Crippen LogP contribution in [0.1, 0.15) is 18.1 Å². The van der Waals surface area contributed by atoms with Crippen LogP contribution < -0.4 is 5.22 Å². The van der Waals surface area contributed by atoms with Crippen LogP contribution in [0.5, 0.6) is 0 Å². The Balaban J connectivity index is 1.31. The van der Waals surface area contributed by atoms with Gasteiger partial charge in [-0.25, -0.2) is 9.97 Å². The molecule has 4 aromatic heterocycles. The highest BCUT2D eigenvalue weighted by Gasteiger charge is 2.35. The standard InChI is InChI=1S/C39H25N3S/c1-39(29-14-9-17-34-35(29)26-13-6-8-16-33(26)43-34)21-27-25-12-5-7-15-32(25)42-37(27)28(22-39)36-38(42)41-31-20-24(18-19-30(31)40-36)23-10-3-2-4-11-23/h2-20,22H,21H2,1H3. The molecule has 0 saturated carbocycles. The summed E-state index contributed by atoms with van der Waals surface area (Å²) >= 11 is 1.89. The number of aromatic nitrogens is 3. The zero-order valence-corrected chi connectivity index (χ0v) is 24.3. The number of fused-ring (bicyclic) bond motifs is 10. The van der Waals surface area contributed by atoms with Crippen LogP contribution in [0, 0.1) is 0 Å². The Labute approximate surface area is 251 Å². The van der Waals surface area contributed by atoms with Gasteiger partial charge in [0.25, 0.3) is 0 Å². The van der Waals surface area contributed by atoms with E-state index in [9.17, 15) is 0 Å². The second kappa shape index (κ2) is 8.27. The molecule has 9 aromatic rings. The van der Waals surface area contributed by atoms with Crippen LogP contribution in [0.3, 0.4) is 0 Å². The number of hydrogen-bond acceptors (Lipinski definition) is 3. The average Bonchev–Trinajstić information content (AvgIpc) is 3.70. The first kappa shape index (κ1) is 23.5. The van der Waals surface area contributed by atoms with Gasteiger partial charge in [0, 0.05) is 36.2 Å². The lowest BCUT2D eigenvalue weighted by molar-refractivity contribution is 0.633. The maximum Gasteiger partial charge on any atom is 0.165 e. The van der Waals surface area contributed by atoms with E-state index in [4.69, 9.17) is 9.97 Å². The van der Waals surface area contributed by atoms with E-state index in [1.54, 1.807) is 0 Å². The van der Waals surface area contributed by atoms with Crippen molar-refractivity contribution in [3.63, 3.8) is 0 Å². The minimum Gasteiger partial charge on any atom is -0.292 e. The van der Waals surface area contributed by atoms with Crippen LogP contribution in [0.25, 0.3) is 76.0 Å². The summed E-state index contributed by atoms with van der Waals surface area (Å²) < 4.78 is 5.05. The van der Waals surface area contributed by atoms with Gasteiger partial charge in [-0.05, 0) is 59.0 Å². The fourth-order valence-electron chi connectivity index (χ4n) is 7.59. The highest BCUT2D eigenvalue weighted by molar-refractivity contribution is 7.25. The van der Waals surface area contributed by atoms with Crippen LogP contribution in [0.4, 0.5) is 0 Å². The molecule has 0 spiro atoms. The third-order valence-electron chi connectivity index (χ3n) is 9.48. The molecule has 0 saturated heterocycles. The molecule has 0 bridgehead atoms. The van der Waals surface area contributed by atoms with Crippen LogP contribution >= 0.6 is 11.3 Å². The van der Waals surface area contributed by atoms with Crippen LogP contribution in [0.2, 0.25) is 0 Å². The molecule has 10 rings (SSSR count). The Hall–Kier alpha value is -5.06. The molecule has 1 aliphatic carbocycles. The van der Waals surface area contributed by atoms with Crippen LogP contribution in [0.15, 0.2) is 115 Å². The van der Waals surface area contributed by atoms with E-state index >= 15 is 0 Å². The molecule has 0 amide bonds. The first-order valence-corrected chi connectivity index (χ1v) is 15.6. The van der Waals surface area contributed by atoms with Gasteiger partial charge in [-0.1, -0.05) is 97.9 Å². The van der Waals surface area contributed by atoms with Gasteiger partial charge in [0.2, 0.25) is 0 Å². The summed E-state index contributed by atoms with van der Waals surface area (Å²) in [5.74, 6) is 0. The van der Waals surface area contributed by atoms with Crippen LogP contribution in [-0.2, 0) is 11.8 Å². The van der Waals surface area contributed by atoms with Gasteiger partial charge in [-0.2, -0.15) is 0 Å². The van der Waals surface area contributed by atoms with Crippen molar-refractivity contribution in [2.24, 2.45) is 0 Å². The Kier molecular flexibility index (Phi) is 4.52. The molecule has 4 heteroatoms. The van der Waals surface area contributed by atoms with E-state index in [1.807, 2.05) is 11.3 Å². The molecular weight excluding hydrogens is 543 g/mol. The molecule has 43 heavy (non-hydrogen) atoms. The molecule has 1 aliphatic rings. The largest absolute Gasteiger partial charge is 0.292 e. The lowest BCUT2D eigenvalue weighted by atomic mass is 9.72. The molecule has 0 aliphatic heterocycles. The van der Waals surface area contributed by atoms with Crippen molar-refractivity contribution in [2.75, 3.05) is 0 Å². The zero-order valence-electron chi connectivity index (χ0n) is 23.5. The van der Waals surface area contributed by atoms with E-state index < -0.39 is 0 Å². The minimum absolute atomic E-state index is 0.212. The van der Waals surface area contributed by atoms with Gasteiger partial charge in [-0.15, -0.1) is 11.3 Å². The van der Waals surface area contributed by atoms with Gasteiger partial charge in [0.1, 0.15) is 5.52 Å². The molecule has 0 radical (unpaired) electrons. The lowest BCUT2D eigenvalue weighted by Gasteiger charge is -2.30. The molecule has 202 valence electrons.